The van der Waals surface area contributed by atoms with Crippen LogP contribution in [0.25, 0.3) is 0 Å². The maximum Gasteiger partial charge on any atom is 0.329 e. The van der Waals surface area contributed by atoms with Crippen LogP contribution >= 0.6 is 15.9 Å². The zero-order chi connectivity index (χ0) is 18.2. The lowest BCUT2D eigenvalue weighted by molar-refractivity contribution is -0.139. The highest BCUT2D eigenvalue weighted by Gasteiger charge is 2.10. The van der Waals surface area contributed by atoms with Crippen molar-refractivity contribution in [3.8, 4) is 0 Å². The highest BCUT2D eigenvalue weighted by atomic mass is 79.9. The Labute approximate surface area is 152 Å². The van der Waals surface area contributed by atoms with Crippen LogP contribution in [0.15, 0.2) is 52.0 Å². The summed E-state index contributed by atoms with van der Waals surface area (Å²) in [6, 6.07) is 11.3. The van der Waals surface area contributed by atoms with Crippen molar-refractivity contribution in [3.63, 3.8) is 0 Å². The van der Waals surface area contributed by atoms with E-state index in [0.717, 1.165) is 4.47 Å². The number of hydrazone groups is 1. The van der Waals surface area contributed by atoms with Crippen LogP contribution < -0.4 is 16.1 Å². The van der Waals surface area contributed by atoms with Gasteiger partial charge < -0.3 is 10.6 Å². The lowest BCUT2D eigenvalue weighted by Gasteiger charge is -2.10. The van der Waals surface area contributed by atoms with Gasteiger partial charge in [-0.05, 0) is 49.4 Å². The van der Waals surface area contributed by atoms with Crippen LogP contribution in [0, 0.1) is 5.82 Å². The molecular formula is C17H16BrFN4O2. The molecule has 2 aromatic carbocycles. The van der Waals surface area contributed by atoms with Crippen LogP contribution in [0.2, 0.25) is 0 Å². The van der Waals surface area contributed by atoms with Gasteiger partial charge in [-0.25, -0.2) is 9.82 Å². The fraction of sp³-hybridized carbons (Fsp3) is 0.118. The number of hydrogen-bond acceptors (Lipinski definition) is 4. The van der Waals surface area contributed by atoms with Gasteiger partial charge in [-0.15, -0.1) is 0 Å². The van der Waals surface area contributed by atoms with E-state index >= 15 is 0 Å². The van der Waals surface area contributed by atoms with Crippen molar-refractivity contribution in [3.05, 3.63) is 58.3 Å². The number of carbonyl (C=O) groups is 2. The number of nitrogens with one attached hydrogen (secondary N) is 3. The highest BCUT2D eigenvalue weighted by Crippen LogP contribution is 2.23. The van der Waals surface area contributed by atoms with Gasteiger partial charge in [-0.3, -0.25) is 9.59 Å². The zero-order valence-electron chi connectivity index (χ0n) is 13.3. The maximum atomic E-state index is 13.0. The van der Waals surface area contributed by atoms with Crippen molar-refractivity contribution in [2.75, 3.05) is 11.9 Å². The monoisotopic (exact) mass is 406 g/mol. The number of amides is 2. The molecule has 0 bridgehead atoms. The van der Waals surface area contributed by atoms with E-state index in [0.29, 0.717) is 23.5 Å². The standard InChI is InChI=1S/C17H16BrFN4O2/c1-2-20-16(24)17(25)23-21-10-11-9-12(18)3-8-15(11)22-14-6-4-13(19)5-7-14/h3-10,22H,2H2,1H3,(H,20,24)(H,23,25)/b21-10-. The Balaban J connectivity index is 2.12. The predicted molar refractivity (Wildman–Crippen MR) is 98.2 cm³/mol. The summed E-state index contributed by atoms with van der Waals surface area (Å²) in [5.74, 6) is -1.92. The van der Waals surface area contributed by atoms with Gasteiger partial charge in [0.2, 0.25) is 0 Å². The second kappa shape index (κ2) is 8.93. The minimum absolute atomic E-state index is 0.323. The summed E-state index contributed by atoms with van der Waals surface area (Å²) in [5, 5.41) is 9.31. The van der Waals surface area contributed by atoms with E-state index in [1.165, 1.54) is 18.3 Å². The first-order chi connectivity index (χ1) is 12.0. The van der Waals surface area contributed by atoms with Gasteiger partial charge in [0.25, 0.3) is 0 Å². The van der Waals surface area contributed by atoms with Gasteiger partial charge in [0.1, 0.15) is 5.82 Å². The third-order valence-electron chi connectivity index (χ3n) is 3.05. The minimum Gasteiger partial charge on any atom is -0.355 e. The number of hydrogen-bond donors (Lipinski definition) is 3. The average Bonchev–Trinajstić information content (AvgIpc) is 2.59. The molecule has 0 atom stereocenters. The molecule has 8 heteroatoms. The van der Waals surface area contributed by atoms with Gasteiger partial charge in [0.05, 0.1) is 6.21 Å². The lowest BCUT2D eigenvalue weighted by Crippen LogP contribution is -2.37. The fourth-order valence-corrected chi connectivity index (χ4v) is 2.27. The van der Waals surface area contributed by atoms with E-state index in [1.807, 2.05) is 6.07 Å². The molecule has 0 unspecified atom stereocenters. The Hall–Kier alpha value is -2.74. The molecule has 0 spiro atoms. The van der Waals surface area contributed by atoms with Crippen LogP contribution in [0.4, 0.5) is 15.8 Å². The minimum atomic E-state index is -0.846. The molecular weight excluding hydrogens is 391 g/mol. The quantitative estimate of drug-likeness (QED) is 0.405. The average molecular weight is 407 g/mol. The number of anilines is 2. The molecule has 2 amide bonds. The SMILES string of the molecule is CCNC(=O)C(=O)N/N=C\c1cc(Br)ccc1Nc1ccc(F)cc1. The van der Waals surface area contributed by atoms with Crippen molar-refractivity contribution in [1.29, 1.82) is 0 Å². The maximum absolute atomic E-state index is 13.0. The second-order valence-electron chi connectivity index (χ2n) is 4.92. The first-order valence-corrected chi connectivity index (χ1v) is 8.22. The molecule has 0 saturated carbocycles. The molecule has 0 aliphatic heterocycles. The van der Waals surface area contributed by atoms with Gasteiger partial charge in [-0.1, -0.05) is 15.9 Å². The third kappa shape index (κ3) is 5.68. The van der Waals surface area contributed by atoms with E-state index in [4.69, 9.17) is 0 Å². The molecule has 0 saturated heterocycles. The molecule has 130 valence electrons. The van der Waals surface area contributed by atoms with Crippen molar-refractivity contribution in [2.45, 2.75) is 6.92 Å². The number of carbonyl (C=O) groups excluding carboxylic acids is 2. The zero-order valence-corrected chi connectivity index (χ0v) is 14.9. The van der Waals surface area contributed by atoms with Crippen molar-refractivity contribution in [2.24, 2.45) is 5.10 Å². The molecule has 0 aliphatic rings. The number of benzene rings is 2. The third-order valence-corrected chi connectivity index (χ3v) is 3.54. The normalized spacial score (nSPS) is 10.5. The van der Waals surface area contributed by atoms with Gasteiger partial charge >= 0.3 is 11.8 Å². The molecule has 6 nitrogen and oxygen atoms in total. The van der Waals surface area contributed by atoms with Crippen LogP contribution in [0.3, 0.4) is 0 Å². The first kappa shape index (κ1) is 18.6. The Morgan fingerprint density at radius 2 is 1.88 bits per heavy atom. The molecule has 0 radical (unpaired) electrons. The van der Waals surface area contributed by atoms with Gasteiger partial charge in [0, 0.05) is 28.0 Å². The van der Waals surface area contributed by atoms with Crippen molar-refractivity contribution >= 4 is 45.3 Å². The van der Waals surface area contributed by atoms with E-state index in [1.54, 1.807) is 31.2 Å². The topological polar surface area (TPSA) is 82.6 Å². The Bertz CT molecular complexity index is 794. The number of nitrogens with zero attached hydrogens (tertiary/aromatic N) is 1. The molecule has 2 aromatic rings. The molecule has 2 rings (SSSR count). The molecule has 0 aromatic heterocycles. The summed E-state index contributed by atoms with van der Waals surface area (Å²) in [6.45, 7) is 2.07. The molecule has 0 heterocycles. The predicted octanol–water partition coefficient (Wildman–Crippen LogP) is 2.92. The van der Waals surface area contributed by atoms with Crippen molar-refractivity contribution in [1.82, 2.24) is 10.7 Å². The second-order valence-corrected chi connectivity index (χ2v) is 5.84. The largest absolute Gasteiger partial charge is 0.355 e. The van der Waals surface area contributed by atoms with E-state index < -0.39 is 11.8 Å². The summed E-state index contributed by atoms with van der Waals surface area (Å²) in [5.41, 5.74) is 4.22. The summed E-state index contributed by atoms with van der Waals surface area (Å²) >= 11 is 3.37. The summed E-state index contributed by atoms with van der Waals surface area (Å²) < 4.78 is 13.8. The highest BCUT2D eigenvalue weighted by molar-refractivity contribution is 9.10. The van der Waals surface area contributed by atoms with E-state index in [9.17, 15) is 14.0 Å². The van der Waals surface area contributed by atoms with Gasteiger partial charge in [-0.2, -0.15) is 5.10 Å². The van der Waals surface area contributed by atoms with Crippen LogP contribution in [0.1, 0.15) is 12.5 Å². The number of likely N-dealkylation sites (N-methyl/N-ethyl adjacent to an activating group) is 1. The fourth-order valence-electron chi connectivity index (χ4n) is 1.90. The van der Waals surface area contributed by atoms with E-state index in [2.05, 4.69) is 37.1 Å². The Morgan fingerprint density at radius 1 is 1.16 bits per heavy atom. The molecule has 0 aliphatic carbocycles. The van der Waals surface area contributed by atoms with Crippen LogP contribution in [-0.4, -0.2) is 24.6 Å². The summed E-state index contributed by atoms with van der Waals surface area (Å²) in [6.07, 6.45) is 1.41. The smallest absolute Gasteiger partial charge is 0.329 e. The van der Waals surface area contributed by atoms with Crippen molar-refractivity contribution < 1.29 is 14.0 Å². The summed E-state index contributed by atoms with van der Waals surface area (Å²) in [4.78, 5) is 22.8. The molecule has 3 N–H and O–H groups in total. The Kier molecular flexibility index (Phi) is 6.64. The van der Waals surface area contributed by atoms with E-state index in [-0.39, 0.29) is 5.82 Å². The van der Waals surface area contributed by atoms with Crippen LogP contribution in [-0.2, 0) is 9.59 Å². The lowest BCUT2D eigenvalue weighted by atomic mass is 10.2. The number of halogens is 2. The first-order valence-electron chi connectivity index (χ1n) is 7.43. The van der Waals surface area contributed by atoms with Gasteiger partial charge in [0.15, 0.2) is 0 Å². The summed E-state index contributed by atoms with van der Waals surface area (Å²) in [7, 11) is 0. The Morgan fingerprint density at radius 3 is 2.56 bits per heavy atom. The number of rotatable bonds is 5. The molecule has 25 heavy (non-hydrogen) atoms. The van der Waals surface area contributed by atoms with Crippen LogP contribution in [0.5, 0.6) is 0 Å². The molecule has 0 fully saturated rings.